The summed E-state index contributed by atoms with van der Waals surface area (Å²) in [7, 11) is 0. The number of carboxylic acid groups (broad SMARTS) is 1. The van der Waals surface area contributed by atoms with Gasteiger partial charge in [0, 0.05) is 81.6 Å². The van der Waals surface area contributed by atoms with Gasteiger partial charge in [-0.2, -0.15) is 10.1 Å². The van der Waals surface area contributed by atoms with Crippen molar-refractivity contribution in [2.45, 2.75) is 126 Å². The minimum Gasteiger partial charge on any atom is -0.870 e. The van der Waals surface area contributed by atoms with E-state index >= 15 is 17.6 Å². The van der Waals surface area contributed by atoms with Gasteiger partial charge in [0.2, 0.25) is 0 Å². The maximum Gasteiger partial charge on any atom is 1.00 e. The molecule has 2 saturated heterocycles. The van der Waals surface area contributed by atoms with E-state index in [4.69, 9.17) is 32.9 Å². The molecule has 18 atom stereocenters. The number of carbonyl (C=O) groups is 4. The van der Waals surface area contributed by atoms with Gasteiger partial charge >= 0.3 is 35.5 Å². The zero-order valence-corrected chi connectivity index (χ0v) is 47.0. The molecule has 20 heteroatoms. The maximum atomic E-state index is 17.4. The number of alkyl halides is 4. The molecule has 0 spiro atoms. The van der Waals surface area contributed by atoms with Gasteiger partial charge in [-0.1, -0.05) is 73.5 Å². The van der Waals surface area contributed by atoms with Crippen molar-refractivity contribution in [3.63, 3.8) is 0 Å². The Morgan fingerprint density at radius 1 is 0.649 bits per heavy atom. The maximum absolute atomic E-state index is 17.4. The fourth-order valence-corrected chi connectivity index (χ4v) is 17.6. The van der Waals surface area contributed by atoms with Gasteiger partial charge in [-0.3, -0.25) is 24.1 Å². The molecule has 410 valence electrons. The Balaban J connectivity index is 0.000000183. The van der Waals surface area contributed by atoms with Crippen LogP contribution in [0.25, 0.3) is 0 Å². The Kier molecular flexibility index (Phi) is 15.0. The minimum atomic E-state index is -2.25. The second-order valence-corrected chi connectivity index (χ2v) is 24.9. The van der Waals surface area contributed by atoms with Crippen molar-refractivity contribution in [1.29, 1.82) is 0 Å². The number of nitrogens with zero attached hydrogens (tertiary/aromatic N) is 2. The molecule has 0 bridgehead atoms. The number of aliphatic carboxylic acids is 1. The third kappa shape index (κ3) is 7.92. The van der Waals surface area contributed by atoms with E-state index in [-0.39, 0.29) is 77.8 Å². The van der Waals surface area contributed by atoms with E-state index in [1.54, 1.807) is 55.2 Å². The molecule has 0 aromatic heterocycles. The summed E-state index contributed by atoms with van der Waals surface area (Å²) >= 11 is 12.0. The molecular formula is C57H63Cl2F4N2NaO11. The van der Waals surface area contributed by atoms with Gasteiger partial charge in [0.15, 0.2) is 39.9 Å². The fraction of sp³-hybridized carbons (Fsp3) is 0.579. The third-order valence-corrected chi connectivity index (χ3v) is 21.3. The SMILES string of the molecule is C[C@]12C=CC(=O)C=C1[C@@H](F)C[C@H]1[C@@H]3C[C@H]4CN(Cc5ccc(Cl)cc5)O[C@@]4(C(=O)CO)[C@@]3(C)C[C@H](O)[C@@]12F.C[C@]12C=CC(=O)C=C1[C@@H](F)C[C@H]1[C@@H]3C[C@H]4CN(Cc5ccc(Cl)cc5)O[C@@]4(C(=O)O)[C@@]3(C)C[C@H](O)[C@@]12F.[Na+].[OH-]. The molecule has 2 aliphatic heterocycles. The average molecular weight is 1120 g/mol. The minimum absolute atomic E-state index is 0. The summed E-state index contributed by atoms with van der Waals surface area (Å²) in [5.41, 5.74) is -10.8. The van der Waals surface area contributed by atoms with E-state index in [0.29, 0.717) is 49.1 Å². The topological polar surface area (TPSA) is 204 Å². The zero-order chi connectivity index (χ0) is 53.8. The Labute approximate surface area is 476 Å². The number of aliphatic hydroxyl groups excluding tert-OH is 3. The van der Waals surface area contributed by atoms with Crippen molar-refractivity contribution in [1.82, 2.24) is 10.1 Å². The molecule has 0 unspecified atom stereocenters. The van der Waals surface area contributed by atoms with Gasteiger partial charge in [-0.05, 0) is 135 Å². The Hall–Kier alpha value is -3.14. The molecule has 13 nitrogen and oxygen atoms in total. The summed E-state index contributed by atoms with van der Waals surface area (Å²) in [5, 5.41) is 48.2. The normalized spacial score (nSPS) is 44.9. The van der Waals surface area contributed by atoms with Crippen molar-refractivity contribution in [3.8, 4) is 0 Å². The first-order chi connectivity index (χ1) is 35.3. The van der Waals surface area contributed by atoms with E-state index in [0.717, 1.165) is 17.2 Å². The largest absolute Gasteiger partial charge is 1.00 e. The predicted molar refractivity (Wildman–Crippen MR) is 268 cm³/mol. The van der Waals surface area contributed by atoms with Gasteiger partial charge in [-0.25, -0.2) is 22.4 Å². The first-order valence-electron chi connectivity index (χ1n) is 25.9. The summed E-state index contributed by atoms with van der Waals surface area (Å²) in [5.74, 6) is -6.14. The number of ketones is 3. The number of carbonyl (C=O) groups excluding carboxylic acids is 3. The van der Waals surface area contributed by atoms with Gasteiger partial charge in [0.05, 0.1) is 12.2 Å². The van der Waals surface area contributed by atoms with Crippen LogP contribution in [0.1, 0.15) is 77.3 Å². The van der Waals surface area contributed by atoms with E-state index in [9.17, 15) is 39.6 Å². The molecule has 8 aliphatic carbocycles. The van der Waals surface area contributed by atoms with E-state index < -0.39 is 128 Å². The second kappa shape index (κ2) is 19.8. The molecule has 2 heterocycles. The van der Waals surface area contributed by atoms with Crippen molar-refractivity contribution in [2.75, 3.05) is 19.7 Å². The number of benzene rings is 2. The smallest absolute Gasteiger partial charge is 0.870 e. The number of hydroxylamine groups is 4. The molecule has 5 N–H and O–H groups in total. The van der Waals surface area contributed by atoms with Crippen LogP contribution in [-0.4, -0.2) is 126 Å². The van der Waals surface area contributed by atoms with Crippen molar-refractivity contribution >= 4 is 46.5 Å². The Bertz CT molecular complexity index is 2880. The van der Waals surface area contributed by atoms with Gasteiger partial charge in [0.1, 0.15) is 19.0 Å². The number of carboxylic acids is 1. The average Bonchev–Trinajstić information content (AvgIpc) is 4.30. The van der Waals surface area contributed by atoms with Crippen LogP contribution in [0.15, 0.2) is 96.1 Å². The number of rotatable bonds is 7. The van der Waals surface area contributed by atoms with Crippen LogP contribution >= 0.6 is 23.2 Å². The molecule has 0 amide bonds. The second-order valence-electron chi connectivity index (χ2n) is 24.0. The van der Waals surface area contributed by atoms with Crippen LogP contribution in [-0.2, 0) is 41.9 Å². The van der Waals surface area contributed by atoms with Crippen molar-refractivity contribution < 1.29 is 102 Å². The molecule has 2 aromatic rings. The van der Waals surface area contributed by atoms with Crippen LogP contribution in [0.5, 0.6) is 0 Å². The van der Waals surface area contributed by atoms with E-state index in [1.807, 2.05) is 31.2 Å². The van der Waals surface area contributed by atoms with Gasteiger partial charge in [0.25, 0.3) is 0 Å². The van der Waals surface area contributed by atoms with E-state index in [2.05, 4.69) is 0 Å². The van der Waals surface area contributed by atoms with Gasteiger partial charge in [-0.15, -0.1) is 0 Å². The summed E-state index contributed by atoms with van der Waals surface area (Å²) in [6.07, 6.45) is 1.47. The van der Waals surface area contributed by atoms with Crippen molar-refractivity contribution in [2.24, 2.45) is 57.2 Å². The van der Waals surface area contributed by atoms with Crippen molar-refractivity contribution in [3.05, 3.63) is 117 Å². The molecule has 77 heavy (non-hydrogen) atoms. The summed E-state index contributed by atoms with van der Waals surface area (Å²) in [4.78, 5) is 63.3. The van der Waals surface area contributed by atoms with Gasteiger partial charge < -0.3 is 25.9 Å². The summed E-state index contributed by atoms with van der Waals surface area (Å²) < 4.78 is 66.0. The molecule has 12 rings (SSSR count). The van der Waals surface area contributed by atoms with E-state index in [1.165, 1.54) is 30.4 Å². The fourth-order valence-electron chi connectivity index (χ4n) is 17.4. The van der Waals surface area contributed by atoms with Crippen LogP contribution in [0.3, 0.4) is 0 Å². The Morgan fingerprint density at radius 2 is 1.03 bits per heavy atom. The molecule has 8 fully saturated rings. The number of fused-ring (bicyclic) bond motifs is 14. The zero-order valence-electron chi connectivity index (χ0n) is 43.5. The predicted octanol–water partition coefficient (Wildman–Crippen LogP) is 5.22. The number of Topliss-reactive ketones (excluding diaryl/α,β-unsaturated/α-hetero) is 1. The molecule has 2 aromatic carbocycles. The number of aliphatic hydroxyl groups is 3. The molecule has 0 radical (unpaired) electrons. The first kappa shape index (κ1) is 58.5. The Morgan fingerprint density at radius 3 is 1.42 bits per heavy atom. The number of allylic oxidation sites excluding steroid dienone is 8. The number of halogens is 6. The monoisotopic (exact) mass is 1120 g/mol. The first-order valence-corrected chi connectivity index (χ1v) is 26.7. The standard InChI is InChI=1S/C29H32ClF2NO5.C28H30ClF2NO5.Na.H2O/c1-26-8-7-19(35)10-22(26)23(31)11-21-20-9-17-14-33(13-16-3-5-18(30)6-4-16)38-29(17,25(37)15-34)27(20,2)12-24(36)28(21,26)32;1-25-8-7-18(33)10-21(25)22(30)11-20-19-9-16-14-32(13-15-3-5-17(29)6-4-15)37-28(16,24(35)36)26(19,2)12-23(34)27(20,25)31;;/h3-8,10,17,20-21,23-24,34,36H,9,11-15H2,1-2H3;3-8,10,16,19-20,22-23,34H,9,11-14H2,1-2H3,(H,35,36);;1H2/q;;+1;/p-1/t17-,20-,21-,23-,24-,26-,27-,28-,29-;16-,19-,20-,22-,23-,25-,26-,27-,28-;;/m00../s1. The quantitative estimate of drug-likeness (QED) is 0.208. The summed E-state index contributed by atoms with van der Waals surface area (Å²) in [6, 6.07) is 14.5. The molecule has 6 saturated carbocycles. The van der Waals surface area contributed by atoms with Crippen LogP contribution in [0.4, 0.5) is 17.6 Å². The molecule has 10 aliphatic rings. The number of hydrogen-bond acceptors (Lipinski definition) is 12. The number of hydrogen-bond donors (Lipinski definition) is 4. The van der Waals surface area contributed by atoms with Crippen LogP contribution in [0, 0.1) is 57.2 Å². The summed E-state index contributed by atoms with van der Waals surface area (Å²) in [6.45, 7) is 7.34. The third-order valence-electron chi connectivity index (χ3n) is 20.8. The molecular weight excluding hydrogens is 1060 g/mol. The van der Waals surface area contributed by atoms with Crippen LogP contribution < -0.4 is 29.6 Å². The van der Waals surface area contributed by atoms with Crippen LogP contribution in [0.2, 0.25) is 10.0 Å².